The normalized spacial score (nSPS) is 8.62. The molecule has 0 spiro atoms. The number of hydrogen-bond donors (Lipinski definition) is 3. The molecule has 0 bridgehead atoms. The number of amides is 1. The summed E-state index contributed by atoms with van der Waals surface area (Å²) < 4.78 is 0. The number of rotatable bonds is 3. The van der Waals surface area contributed by atoms with E-state index in [1.54, 1.807) is 0 Å². The van der Waals surface area contributed by atoms with Crippen LogP contribution in [0.1, 0.15) is 5.56 Å². The predicted octanol–water partition coefficient (Wildman–Crippen LogP) is 0.175. The Kier molecular flexibility index (Phi) is 7.44. The third-order valence-corrected chi connectivity index (χ3v) is 1.52. The van der Waals surface area contributed by atoms with Crippen molar-refractivity contribution in [2.45, 2.75) is 6.92 Å². The standard InChI is InChI=1S/C7H8.C4H7NO4/c1-7-5-3-2-4-6-7;6-2-3(7)5-1-4(8)9/h2-6H,1H3;6H,1-2H2,(H,5,7)(H,8,9). The zero-order valence-corrected chi connectivity index (χ0v) is 9.01. The van der Waals surface area contributed by atoms with Gasteiger partial charge >= 0.3 is 5.97 Å². The molecule has 5 nitrogen and oxygen atoms in total. The van der Waals surface area contributed by atoms with Crippen LogP contribution in [0, 0.1) is 6.92 Å². The van der Waals surface area contributed by atoms with Crippen LogP contribution >= 0.6 is 0 Å². The number of benzene rings is 1. The number of carboxylic acid groups (broad SMARTS) is 1. The summed E-state index contributed by atoms with van der Waals surface area (Å²) >= 11 is 0. The molecule has 0 aliphatic heterocycles. The molecular weight excluding hydrogens is 210 g/mol. The smallest absolute Gasteiger partial charge is 0.322 e. The molecule has 0 saturated carbocycles. The molecule has 1 amide bonds. The largest absolute Gasteiger partial charge is 0.480 e. The number of carboxylic acids is 1. The van der Waals surface area contributed by atoms with Crippen molar-refractivity contribution in [1.29, 1.82) is 0 Å². The maximum absolute atomic E-state index is 10.1. The van der Waals surface area contributed by atoms with Gasteiger partial charge in [0, 0.05) is 0 Å². The van der Waals surface area contributed by atoms with Crippen molar-refractivity contribution in [2.24, 2.45) is 0 Å². The highest BCUT2D eigenvalue weighted by atomic mass is 16.4. The van der Waals surface area contributed by atoms with Crippen molar-refractivity contribution < 1.29 is 19.8 Å². The van der Waals surface area contributed by atoms with E-state index in [-0.39, 0.29) is 0 Å². The maximum Gasteiger partial charge on any atom is 0.322 e. The van der Waals surface area contributed by atoms with Gasteiger partial charge in [-0.15, -0.1) is 0 Å². The van der Waals surface area contributed by atoms with Gasteiger partial charge in [-0.3, -0.25) is 9.59 Å². The van der Waals surface area contributed by atoms with E-state index < -0.39 is 25.0 Å². The summed E-state index contributed by atoms with van der Waals surface area (Å²) in [4.78, 5) is 19.8. The summed E-state index contributed by atoms with van der Waals surface area (Å²) in [7, 11) is 0. The van der Waals surface area contributed by atoms with Gasteiger partial charge in [0.1, 0.15) is 13.2 Å². The fourth-order valence-corrected chi connectivity index (χ4v) is 0.764. The highest BCUT2D eigenvalue weighted by molar-refractivity contribution is 5.81. The average Bonchev–Trinajstić information content (AvgIpc) is 2.27. The number of nitrogens with one attached hydrogen (secondary N) is 1. The Morgan fingerprint density at radius 3 is 2.12 bits per heavy atom. The minimum atomic E-state index is -1.13. The fraction of sp³-hybridized carbons (Fsp3) is 0.273. The Morgan fingerprint density at radius 1 is 1.25 bits per heavy atom. The first-order valence-corrected chi connectivity index (χ1v) is 4.67. The number of aliphatic hydroxyl groups is 1. The predicted molar refractivity (Wildman–Crippen MR) is 58.9 cm³/mol. The Hall–Kier alpha value is -1.88. The van der Waals surface area contributed by atoms with Gasteiger partial charge < -0.3 is 15.5 Å². The van der Waals surface area contributed by atoms with E-state index in [0.717, 1.165) is 0 Å². The number of aryl methyl sites for hydroxylation is 1. The highest BCUT2D eigenvalue weighted by Gasteiger charge is 1.99. The first-order chi connectivity index (χ1) is 7.56. The number of hydrogen-bond acceptors (Lipinski definition) is 3. The number of carbonyl (C=O) groups excluding carboxylic acids is 1. The molecule has 0 aliphatic carbocycles. The van der Waals surface area contributed by atoms with E-state index >= 15 is 0 Å². The maximum atomic E-state index is 10.1. The van der Waals surface area contributed by atoms with Crippen molar-refractivity contribution >= 4 is 11.9 Å². The van der Waals surface area contributed by atoms with Crippen LogP contribution in [0.4, 0.5) is 0 Å². The van der Waals surface area contributed by atoms with Crippen molar-refractivity contribution in [3.05, 3.63) is 35.9 Å². The summed E-state index contributed by atoms with van der Waals surface area (Å²) in [6, 6.07) is 10.3. The topological polar surface area (TPSA) is 86.6 Å². The first kappa shape index (κ1) is 14.1. The molecule has 1 rings (SSSR count). The molecule has 5 heteroatoms. The molecule has 0 atom stereocenters. The third kappa shape index (κ3) is 8.71. The lowest BCUT2D eigenvalue weighted by Crippen LogP contribution is -2.31. The van der Waals surface area contributed by atoms with Crippen molar-refractivity contribution in [3.8, 4) is 0 Å². The van der Waals surface area contributed by atoms with E-state index in [2.05, 4.69) is 19.1 Å². The molecule has 0 aromatic heterocycles. The molecule has 1 aromatic rings. The molecule has 1 aromatic carbocycles. The third-order valence-electron chi connectivity index (χ3n) is 1.52. The Bertz CT molecular complexity index is 324. The summed E-state index contributed by atoms with van der Waals surface area (Å²) in [5.74, 6) is -1.81. The van der Waals surface area contributed by atoms with Gasteiger partial charge in [-0.2, -0.15) is 0 Å². The van der Waals surface area contributed by atoms with Gasteiger partial charge in [0.25, 0.3) is 0 Å². The van der Waals surface area contributed by atoms with Crippen molar-refractivity contribution in [2.75, 3.05) is 13.2 Å². The van der Waals surface area contributed by atoms with E-state index in [9.17, 15) is 9.59 Å². The summed E-state index contributed by atoms with van der Waals surface area (Å²) in [5, 5.41) is 17.9. The molecule has 0 fully saturated rings. The van der Waals surface area contributed by atoms with Gasteiger partial charge in [-0.25, -0.2) is 0 Å². The lowest BCUT2D eigenvalue weighted by Gasteiger charge is -1.95. The van der Waals surface area contributed by atoms with E-state index in [4.69, 9.17) is 10.2 Å². The molecule has 16 heavy (non-hydrogen) atoms. The van der Waals surface area contributed by atoms with Gasteiger partial charge in [0.15, 0.2) is 0 Å². The Balaban J connectivity index is 0.000000288. The average molecular weight is 225 g/mol. The summed E-state index contributed by atoms with van der Waals surface area (Å²) in [6.07, 6.45) is 0. The molecule has 0 radical (unpaired) electrons. The van der Waals surface area contributed by atoms with Gasteiger partial charge in [-0.1, -0.05) is 35.9 Å². The summed E-state index contributed by atoms with van der Waals surface area (Å²) in [5.41, 5.74) is 1.32. The second-order valence-corrected chi connectivity index (χ2v) is 2.98. The van der Waals surface area contributed by atoms with Crippen LogP contribution in [0.3, 0.4) is 0 Å². The van der Waals surface area contributed by atoms with Gasteiger partial charge in [0.2, 0.25) is 5.91 Å². The number of aliphatic hydroxyl groups excluding tert-OH is 1. The highest BCUT2D eigenvalue weighted by Crippen LogP contribution is 1.92. The zero-order valence-electron chi connectivity index (χ0n) is 9.01. The van der Waals surface area contributed by atoms with Crippen LogP contribution in [0.15, 0.2) is 30.3 Å². The minimum Gasteiger partial charge on any atom is -0.480 e. The molecule has 0 unspecified atom stereocenters. The number of carbonyl (C=O) groups is 2. The second-order valence-electron chi connectivity index (χ2n) is 2.98. The van der Waals surface area contributed by atoms with Crippen LogP contribution in [0.5, 0.6) is 0 Å². The zero-order chi connectivity index (χ0) is 12.4. The summed E-state index contributed by atoms with van der Waals surface area (Å²) in [6.45, 7) is 0.965. The van der Waals surface area contributed by atoms with Crippen molar-refractivity contribution in [1.82, 2.24) is 5.32 Å². The van der Waals surface area contributed by atoms with Crippen LogP contribution in [0.25, 0.3) is 0 Å². The molecule has 3 N–H and O–H groups in total. The fourth-order valence-electron chi connectivity index (χ4n) is 0.764. The van der Waals surface area contributed by atoms with Crippen LogP contribution in [-0.2, 0) is 9.59 Å². The quantitative estimate of drug-likeness (QED) is 0.684. The van der Waals surface area contributed by atoms with E-state index in [0.29, 0.717) is 0 Å². The Morgan fingerprint density at radius 2 is 1.81 bits per heavy atom. The van der Waals surface area contributed by atoms with E-state index in [1.165, 1.54) is 5.56 Å². The second kappa shape index (κ2) is 8.43. The lowest BCUT2D eigenvalue weighted by atomic mass is 10.2. The molecule has 0 aliphatic rings. The molecule has 0 saturated heterocycles. The van der Waals surface area contributed by atoms with Crippen LogP contribution in [-0.4, -0.2) is 35.2 Å². The first-order valence-electron chi connectivity index (χ1n) is 4.67. The monoisotopic (exact) mass is 225 g/mol. The van der Waals surface area contributed by atoms with Crippen LogP contribution < -0.4 is 5.32 Å². The lowest BCUT2D eigenvalue weighted by molar-refractivity contribution is -0.138. The molecule has 0 heterocycles. The Labute approximate surface area is 93.7 Å². The minimum absolute atomic E-state index is 0.445. The van der Waals surface area contributed by atoms with Crippen LogP contribution in [0.2, 0.25) is 0 Å². The van der Waals surface area contributed by atoms with Gasteiger partial charge in [-0.05, 0) is 6.92 Å². The molecular formula is C11H15NO4. The van der Waals surface area contributed by atoms with Gasteiger partial charge in [0.05, 0.1) is 0 Å². The number of aliphatic carboxylic acids is 1. The van der Waals surface area contributed by atoms with E-state index in [1.807, 2.05) is 23.5 Å². The SMILES string of the molecule is Cc1ccccc1.O=C(O)CNC(=O)CO. The van der Waals surface area contributed by atoms with Crippen molar-refractivity contribution in [3.63, 3.8) is 0 Å². The molecule has 88 valence electrons.